The molecule has 0 amide bonds. The van der Waals surface area contributed by atoms with Crippen molar-refractivity contribution in [1.29, 1.82) is 0 Å². The standard InChI is InChI=1S/C8H5F2NO2S/c9-7(10)13-8-11-5-2-1-4(14)3-6(5)12-8/h1-3,7,14H. The molecule has 0 fully saturated rings. The molecule has 0 atom stereocenters. The Kier molecular flexibility index (Phi) is 2.28. The van der Waals surface area contributed by atoms with Gasteiger partial charge in [0.25, 0.3) is 0 Å². The molecule has 74 valence electrons. The molecule has 0 aliphatic rings. The van der Waals surface area contributed by atoms with Gasteiger partial charge in [0.1, 0.15) is 5.52 Å². The van der Waals surface area contributed by atoms with Crippen LogP contribution < -0.4 is 4.74 Å². The van der Waals surface area contributed by atoms with Crippen molar-refractivity contribution in [1.82, 2.24) is 4.98 Å². The Labute approximate surface area is 83.1 Å². The number of ether oxygens (including phenoxy) is 1. The van der Waals surface area contributed by atoms with Crippen LogP contribution in [-0.2, 0) is 0 Å². The van der Waals surface area contributed by atoms with Crippen molar-refractivity contribution in [3.8, 4) is 6.08 Å². The lowest BCUT2D eigenvalue weighted by Crippen LogP contribution is -2.01. The van der Waals surface area contributed by atoms with E-state index in [9.17, 15) is 8.78 Å². The van der Waals surface area contributed by atoms with Crippen LogP contribution in [0.2, 0.25) is 0 Å². The van der Waals surface area contributed by atoms with Crippen LogP contribution in [0.15, 0.2) is 27.5 Å². The fourth-order valence-electron chi connectivity index (χ4n) is 1.02. The van der Waals surface area contributed by atoms with E-state index in [0.717, 1.165) is 0 Å². The monoisotopic (exact) mass is 217 g/mol. The predicted molar refractivity (Wildman–Crippen MR) is 47.9 cm³/mol. The fourth-order valence-corrected chi connectivity index (χ4v) is 1.21. The summed E-state index contributed by atoms with van der Waals surface area (Å²) in [6.07, 6.45) is -0.436. The van der Waals surface area contributed by atoms with E-state index >= 15 is 0 Å². The number of halogens is 2. The first kappa shape index (κ1) is 9.26. The van der Waals surface area contributed by atoms with Gasteiger partial charge in [-0.3, -0.25) is 0 Å². The highest BCUT2D eigenvalue weighted by Crippen LogP contribution is 2.23. The van der Waals surface area contributed by atoms with Crippen molar-refractivity contribution in [2.75, 3.05) is 0 Å². The lowest BCUT2D eigenvalue weighted by molar-refractivity contribution is -0.0664. The zero-order valence-electron chi connectivity index (χ0n) is 6.78. The highest BCUT2D eigenvalue weighted by molar-refractivity contribution is 7.80. The van der Waals surface area contributed by atoms with E-state index in [4.69, 9.17) is 4.42 Å². The van der Waals surface area contributed by atoms with Gasteiger partial charge in [0.05, 0.1) is 0 Å². The average Bonchev–Trinajstić information content (AvgIpc) is 2.44. The van der Waals surface area contributed by atoms with Crippen LogP contribution in [0.5, 0.6) is 6.08 Å². The quantitative estimate of drug-likeness (QED) is 0.785. The summed E-state index contributed by atoms with van der Waals surface area (Å²) in [6, 6.07) is 4.86. The van der Waals surface area contributed by atoms with Crippen LogP contribution in [0.25, 0.3) is 11.1 Å². The van der Waals surface area contributed by atoms with Crippen LogP contribution in [0.1, 0.15) is 0 Å². The Morgan fingerprint density at radius 2 is 2.21 bits per heavy atom. The second-order valence-electron chi connectivity index (χ2n) is 2.51. The summed E-state index contributed by atoms with van der Waals surface area (Å²) in [5.74, 6) is 0. The molecule has 2 rings (SSSR count). The number of nitrogens with zero attached hydrogens (tertiary/aromatic N) is 1. The number of aromatic nitrogens is 1. The summed E-state index contributed by atoms with van der Waals surface area (Å²) in [6.45, 7) is -2.93. The van der Waals surface area contributed by atoms with Crippen molar-refractivity contribution in [2.24, 2.45) is 0 Å². The molecule has 1 heterocycles. The van der Waals surface area contributed by atoms with Crippen molar-refractivity contribution >= 4 is 23.7 Å². The van der Waals surface area contributed by atoms with Gasteiger partial charge in [-0.25, -0.2) is 0 Å². The number of thiol groups is 1. The molecular weight excluding hydrogens is 212 g/mol. The summed E-state index contributed by atoms with van der Waals surface area (Å²) in [5, 5.41) is 0. The van der Waals surface area contributed by atoms with Gasteiger partial charge in [0, 0.05) is 4.90 Å². The number of hydrogen-bond acceptors (Lipinski definition) is 4. The minimum absolute atomic E-state index is 0.369. The zero-order chi connectivity index (χ0) is 10.1. The summed E-state index contributed by atoms with van der Waals surface area (Å²) in [5.41, 5.74) is 0.826. The molecule has 2 aromatic rings. The van der Waals surface area contributed by atoms with Gasteiger partial charge in [0.2, 0.25) is 0 Å². The van der Waals surface area contributed by atoms with Gasteiger partial charge in [-0.1, -0.05) is 0 Å². The van der Waals surface area contributed by atoms with Crippen molar-refractivity contribution < 1.29 is 17.9 Å². The van der Waals surface area contributed by atoms with Crippen LogP contribution in [-0.4, -0.2) is 11.6 Å². The van der Waals surface area contributed by atoms with Crippen molar-refractivity contribution in [2.45, 2.75) is 11.5 Å². The van der Waals surface area contributed by atoms with Crippen LogP contribution >= 0.6 is 12.6 Å². The lowest BCUT2D eigenvalue weighted by Gasteiger charge is -1.94. The molecule has 14 heavy (non-hydrogen) atoms. The molecule has 0 radical (unpaired) electrons. The lowest BCUT2D eigenvalue weighted by atomic mass is 10.3. The Hall–Kier alpha value is -1.30. The Morgan fingerprint density at radius 3 is 2.93 bits per heavy atom. The smallest absolute Gasteiger partial charge is 0.399 e. The van der Waals surface area contributed by atoms with E-state index in [0.29, 0.717) is 16.0 Å². The normalized spacial score (nSPS) is 11.1. The van der Waals surface area contributed by atoms with E-state index in [-0.39, 0.29) is 0 Å². The number of hydrogen-bond donors (Lipinski definition) is 1. The molecule has 0 aliphatic carbocycles. The molecule has 0 bridgehead atoms. The summed E-state index contributed by atoms with van der Waals surface area (Å²) < 4.78 is 32.5. The Balaban J connectivity index is 2.41. The van der Waals surface area contributed by atoms with E-state index in [1.165, 1.54) is 0 Å². The van der Waals surface area contributed by atoms with E-state index < -0.39 is 12.7 Å². The van der Waals surface area contributed by atoms with Crippen LogP contribution in [0.3, 0.4) is 0 Å². The first-order valence-electron chi connectivity index (χ1n) is 3.69. The SMILES string of the molecule is FC(F)Oc1nc2ccc(S)cc2o1. The molecule has 0 N–H and O–H groups in total. The highest BCUT2D eigenvalue weighted by atomic mass is 32.1. The summed E-state index contributed by atoms with van der Waals surface area (Å²) >= 11 is 4.06. The molecule has 0 aliphatic heterocycles. The number of benzene rings is 1. The van der Waals surface area contributed by atoms with Gasteiger partial charge in [-0.2, -0.15) is 13.8 Å². The molecule has 1 aromatic carbocycles. The van der Waals surface area contributed by atoms with E-state index in [1.54, 1.807) is 18.2 Å². The van der Waals surface area contributed by atoms with Gasteiger partial charge in [-0.15, -0.1) is 12.6 Å². The topological polar surface area (TPSA) is 35.3 Å². The maximum atomic E-state index is 11.8. The van der Waals surface area contributed by atoms with Gasteiger partial charge >= 0.3 is 12.7 Å². The minimum atomic E-state index is -2.93. The van der Waals surface area contributed by atoms with Crippen LogP contribution in [0, 0.1) is 0 Å². The Morgan fingerprint density at radius 1 is 1.43 bits per heavy atom. The fraction of sp³-hybridized carbons (Fsp3) is 0.125. The van der Waals surface area contributed by atoms with Crippen molar-refractivity contribution in [3.63, 3.8) is 0 Å². The molecule has 0 unspecified atom stereocenters. The minimum Gasteiger partial charge on any atom is -0.409 e. The molecule has 0 saturated carbocycles. The first-order valence-corrected chi connectivity index (χ1v) is 4.14. The molecule has 3 nitrogen and oxygen atoms in total. The molecule has 6 heteroatoms. The number of alkyl halides is 2. The molecule has 0 spiro atoms. The third-order valence-electron chi connectivity index (χ3n) is 1.54. The Bertz CT molecular complexity index is 458. The molecule has 1 aromatic heterocycles. The van der Waals surface area contributed by atoms with E-state index in [2.05, 4.69) is 22.3 Å². The van der Waals surface area contributed by atoms with Crippen LogP contribution in [0.4, 0.5) is 8.78 Å². The second-order valence-corrected chi connectivity index (χ2v) is 3.03. The second kappa shape index (κ2) is 3.45. The number of oxazole rings is 1. The number of fused-ring (bicyclic) bond motifs is 1. The number of rotatable bonds is 2. The largest absolute Gasteiger partial charge is 0.409 e. The maximum absolute atomic E-state index is 11.8. The zero-order valence-corrected chi connectivity index (χ0v) is 7.67. The third kappa shape index (κ3) is 1.79. The van der Waals surface area contributed by atoms with Gasteiger partial charge in [-0.05, 0) is 18.2 Å². The maximum Gasteiger partial charge on any atom is 0.399 e. The van der Waals surface area contributed by atoms with Crippen molar-refractivity contribution in [3.05, 3.63) is 18.2 Å². The average molecular weight is 217 g/mol. The third-order valence-corrected chi connectivity index (χ3v) is 1.82. The van der Waals surface area contributed by atoms with E-state index in [1.807, 2.05) is 0 Å². The molecule has 0 saturated heterocycles. The summed E-state index contributed by atoms with van der Waals surface area (Å²) in [7, 11) is 0. The summed E-state index contributed by atoms with van der Waals surface area (Å²) in [4.78, 5) is 4.36. The van der Waals surface area contributed by atoms with Gasteiger partial charge < -0.3 is 9.15 Å². The van der Waals surface area contributed by atoms with Gasteiger partial charge in [0.15, 0.2) is 5.58 Å². The first-order chi connectivity index (χ1) is 6.65. The molecular formula is C8H5F2NO2S. The predicted octanol–water partition coefficient (Wildman–Crippen LogP) is 2.72. The highest BCUT2D eigenvalue weighted by Gasteiger charge is 2.11.